The largest absolute Gasteiger partial charge is 0.508 e. The molecule has 0 bridgehead atoms. The first kappa shape index (κ1) is 14.2. The molecule has 0 aliphatic heterocycles. The Hall–Kier alpha value is -1.78. The standard InChI is InChI=1S/C11H17NO4/c1-3-4-7-12-10(14)8-9(13)5-6-11(15)16-2/h5-6,8,13H,3-4,7H2,1-2H3,(H,12,14)/b6-5+,9-8?. The summed E-state index contributed by atoms with van der Waals surface area (Å²) in [6.45, 7) is 2.58. The molecule has 0 heterocycles. The van der Waals surface area contributed by atoms with Gasteiger partial charge in [-0.05, 0) is 12.5 Å². The normalized spacial score (nSPS) is 11.5. The Morgan fingerprint density at radius 1 is 1.38 bits per heavy atom. The summed E-state index contributed by atoms with van der Waals surface area (Å²) in [5.41, 5.74) is 0. The molecule has 0 atom stereocenters. The van der Waals surface area contributed by atoms with Gasteiger partial charge < -0.3 is 15.2 Å². The Morgan fingerprint density at radius 3 is 2.62 bits per heavy atom. The van der Waals surface area contributed by atoms with Crippen molar-refractivity contribution in [1.82, 2.24) is 5.32 Å². The van der Waals surface area contributed by atoms with Gasteiger partial charge in [0.1, 0.15) is 5.76 Å². The lowest BCUT2D eigenvalue weighted by molar-refractivity contribution is -0.134. The highest BCUT2D eigenvalue weighted by Gasteiger charge is 1.98. The number of nitrogens with one attached hydrogen (secondary N) is 1. The molecule has 0 aliphatic carbocycles. The van der Waals surface area contributed by atoms with Crippen LogP contribution in [0.15, 0.2) is 24.0 Å². The van der Waals surface area contributed by atoms with Crippen molar-refractivity contribution in [3.8, 4) is 0 Å². The Labute approximate surface area is 94.8 Å². The second-order valence-corrected chi connectivity index (χ2v) is 3.07. The first-order chi connectivity index (χ1) is 7.60. The third-order valence-electron chi connectivity index (χ3n) is 1.70. The van der Waals surface area contributed by atoms with E-state index in [1.807, 2.05) is 6.92 Å². The number of hydrogen-bond donors (Lipinski definition) is 2. The fourth-order valence-electron chi connectivity index (χ4n) is 0.843. The quantitative estimate of drug-likeness (QED) is 0.234. The number of hydrogen-bond acceptors (Lipinski definition) is 4. The minimum Gasteiger partial charge on any atom is -0.508 e. The molecular weight excluding hydrogens is 210 g/mol. The smallest absolute Gasteiger partial charge is 0.330 e. The van der Waals surface area contributed by atoms with Crippen molar-refractivity contribution < 1.29 is 19.4 Å². The van der Waals surface area contributed by atoms with E-state index in [0.717, 1.165) is 31.1 Å². The molecule has 0 aromatic carbocycles. The van der Waals surface area contributed by atoms with Crippen LogP contribution in [0.5, 0.6) is 0 Å². The van der Waals surface area contributed by atoms with Crippen LogP contribution in [0.25, 0.3) is 0 Å². The number of carbonyl (C=O) groups excluding carboxylic acids is 2. The average Bonchev–Trinajstić information content (AvgIpc) is 2.26. The van der Waals surface area contributed by atoms with E-state index in [0.29, 0.717) is 6.54 Å². The highest BCUT2D eigenvalue weighted by Crippen LogP contribution is 1.92. The zero-order chi connectivity index (χ0) is 12.4. The van der Waals surface area contributed by atoms with E-state index in [4.69, 9.17) is 0 Å². The number of aliphatic hydroxyl groups is 1. The minimum atomic E-state index is -0.591. The van der Waals surface area contributed by atoms with E-state index in [9.17, 15) is 14.7 Å². The fourth-order valence-corrected chi connectivity index (χ4v) is 0.843. The SMILES string of the molecule is CCCCNC(=O)C=C(O)/C=C/C(=O)OC. The Kier molecular flexibility index (Phi) is 7.57. The maximum atomic E-state index is 11.1. The van der Waals surface area contributed by atoms with Crippen molar-refractivity contribution in [3.63, 3.8) is 0 Å². The summed E-state index contributed by atoms with van der Waals surface area (Å²) in [7, 11) is 1.23. The van der Waals surface area contributed by atoms with E-state index >= 15 is 0 Å². The lowest BCUT2D eigenvalue weighted by atomic mass is 10.3. The molecule has 5 heteroatoms. The molecule has 16 heavy (non-hydrogen) atoms. The zero-order valence-corrected chi connectivity index (χ0v) is 9.53. The first-order valence-corrected chi connectivity index (χ1v) is 5.04. The van der Waals surface area contributed by atoms with Crippen LogP contribution in [0.1, 0.15) is 19.8 Å². The van der Waals surface area contributed by atoms with Crippen LogP contribution in [0, 0.1) is 0 Å². The molecule has 0 aromatic heterocycles. The summed E-state index contributed by atoms with van der Waals surface area (Å²) < 4.78 is 4.32. The van der Waals surface area contributed by atoms with Crippen molar-refractivity contribution in [2.45, 2.75) is 19.8 Å². The van der Waals surface area contributed by atoms with Crippen LogP contribution in [0.2, 0.25) is 0 Å². The maximum absolute atomic E-state index is 11.1. The van der Waals surface area contributed by atoms with Crippen LogP contribution >= 0.6 is 0 Å². The second-order valence-electron chi connectivity index (χ2n) is 3.07. The number of esters is 1. The molecule has 0 spiro atoms. The Morgan fingerprint density at radius 2 is 2.06 bits per heavy atom. The van der Waals surface area contributed by atoms with Gasteiger partial charge in [-0.3, -0.25) is 4.79 Å². The van der Waals surface area contributed by atoms with Gasteiger partial charge in [0.25, 0.3) is 0 Å². The summed E-state index contributed by atoms with van der Waals surface area (Å²) in [6.07, 6.45) is 5.02. The number of aliphatic hydroxyl groups excluding tert-OH is 1. The van der Waals surface area contributed by atoms with Gasteiger partial charge in [-0.25, -0.2) is 4.79 Å². The van der Waals surface area contributed by atoms with Gasteiger partial charge in [0.2, 0.25) is 5.91 Å². The lowest BCUT2D eigenvalue weighted by Gasteiger charge is -1.99. The van der Waals surface area contributed by atoms with Gasteiger partial charge in [-0.2, -0.15) is 0 Å². The predicted octanol–water partition coefficient (Wildman–Crippen LogP) is 1.07. The summed E-state index contributed by atoms with van der Waals surface area (Å²) in [6, 6.07) is 0. The lowest BCUT2D eigenvalue weighted by Crippen LogP contribution is -2.22. The monoisotopic (exact) mass is 227 g/mol. The van der Waals surface area contributed by atoms with Crippen LogP contribution in [-0.2, 0) is 14.3 Å². The van der Waals surface area contributed by atoms with E-state index < -0.39 is 5.97 Å². The van der Waals surface area contributed by atoms with E-state index in [-0.39, 0.29) is 11.7 Å². The molecule has 0 fully saturated rings. The number of ether oxygens (including phenoxy) is 1. The molecule has 5 nitrogen and oxygen atoms in total. The van der Waals surface area contributed by atoms with Gasteiger partial charge in [0.05, 0.1) is 7.11 Å². The van der Waals surface area contributed by atoms with Crippen LogP contribution in [-0.4, -0.2) is 30.6 Å². The van der Waals surface area contributed by atoms with Crippen LogP contribution < -0.4 is 5.32 Å². The minimum absolute atomic E-state index is 0.292. The maximum Gasteiger partial charge on any atom is 0.330 e. The highest BCUT2D eigenvalue weighted by atomic mass is 16.5. The fraction of sp³-hybridized carbons (Fsp3) is 0.455. The number of rotatable bonds is 6. The van der Waals surface area contributed by atoms with Crippen molar-refractivity contribution in [2.75, 3.05) is 13.7 Å². The summed E-state index contributed by atoms with van der Waals surface area (Å²) in [5.74, 6) is -1.27. The summed E-state index contributed by atoms with van der Waals surface area (Å²) in [4.78, 5) is 21.8. The molecule has 0 aliphatic rings. The summed E-state index contributed by atoms with van der Waals surface area (Å²) in [5, 5.41) is 11.8. The number of carbonyl (C=O) groups is 2. The zero-order valence-electron chi connectivity index (χ0n) is 9.53. The van der Waals surface area contributed by atoms with Crippen molar-refractivity contribution in [3.05, 3.63) is 24.0 Å². The number of unbranched alkanes of at least 4 members (excludes halogenated alkanes) is 1. The number of amides is 1. The molecule has 0 aromatic rings. The third-order valence-corrected chi connectivity index (χ3v) is 1.70. The molecule has 0 saturated heterocycles. The molecule has 1 amide bonds. The van der Waals surface area contributed by atoms with Crippen LogP contribution in [0.4, 0.5) is 0 Å². The topological polar surface area (TPSA) is 75.6 Å². The van der Waals surface area contributed by atoms with E-state index in [1.165, 1.54) is 7.11 Å². The predicted molar refractivity (Wildman–Crippen MR) is 59.8 cm³/mol. The Bertz CT molecular complexity index is 294. The molecule has 0 rings (SSSR count). The molecule has 0 unspecified atom stereocenters. The van der Waals surface area contributed by atoms with Crippen LogP contribution in [0.3, 0.4) is 0 Å². The van der Waals surface area contributed by atoms with E-state index in [1.54, 1.807) is 0 Å². The van der Waals surface area contributed by atoms with Crippen molar-refractivity contribution in [2.24, 2.45) is 0 Å². The van der Waals surface area contributed by atoms with Crippen molar-refractivity contribution >= 4 is 11.9 Å². The number of methoxy groups -OCH3 is 1. The van der Waals surface area contributed by atoms with Gasteiger partial charge in [0, 0.05) is 18.7 Å². The summed E-state index contributed by atoms with van der Waals surface area (Å²) >= 11 is 0. The van der Waals surface area contributed by atoms with Crippen molar-refractivity contribution in [1.29, 1.82) is 0 Å². The molecule has 0 radical (unpaired) electrons. The third kappa shape index (κ3) is 7.61. The Balaban J connectivity index is 4.05. The molecule has 90 valence electrons. The highest BCUT2D eigenvalue weighted by molar-refractivity contribution is 5.88. The number of allylic oxidation sites excluding steroid dienone is 1. The van der Waals surface area contributed by atoms with Gasteiger partial charge >= 0.3 is 5.97 Å². The van der Waals surface area contributed by atoms with Gasteiger partial charge in [0.15, 0.2) is 0 Å². The van der Waals surface area contributed by atoms with E-state index in [2.05, 4.69) is 10.1 Å². The molecule has 2 N–H and O–H groups in total. The van der Waals surface area contributed by atoms with Gasteiger partial charge in [-0.15, -0.1) is 0 Å². The molecular formula is C11H17NO4. The molecule has 0 saturated carbocycles. The average molecular weight is 227 g/mol. The van der Waals surface area contributed by atoms with Gasteiger partial charge in [-0.1, -0.05) is 13.3 Å². The second kappa shape index (κ2) is 8.52. The first-order valence-electron chi connectivity index (χ1n) is 5.04.